The molecule has 1 saturated carbocycles. The molecule has 1 spiro atoms. The van der Waals surface area contributed by atoms with Crippen molar-refractivity contribution in [3.05, 3.63) is 24.2 Å². The SMILES string of the molecule is O=C(c1ccoc1)N1CC[C@]2(CCCN(CC3CC3)C2=O)C1. The Hall–Kier alpha value is -1.78. The molecule has 118 valence electrons. The average molecular weight is 302 g/mol. The van der Waals surface area contributed by atoms with Gasteiger partial charge in [0.25, 0.3) is 5.91 Å². The molecule has 5 nitrogen and oxygen atoms in total. The number of carbonyl (C=O) groups excluding carboxylic acids is 2. The fraction of sp³-hybridized carbons (Fsp3) is 0.647. The maximum Gasteiger partial charge on any atom is 0.257 e. The minimum Gasteiger partial charge on any atom is -0.472 e. The predicted octanol–water partition coefficient (Wildman–Crippen LogP) is 2.14. The highest BCUT2D eigenvalue weighted by Crippen LogP contribution is 2.42. The minimum absolute atomic E-state index is 0.0160. The lowest BCUT2D eigenvalue weighted by molar-refractivity contribution is -0.145. The van der Waals surface area contributed by atoms with E-state index in [1.54, 1.807) is 6.07 Å². The Balaban J connectivity index is 1.47. The first-order chi connectivity index (χ1) is 10.7. The largest absolute Gasteiger partial charge is 0.472 e. The van der Waals surface area contributed by atoms with Gasteiger partial charge >= 0.3 is 0 Å². The first-order valence-corrected chi connectivity index (χ1v) is 8.29. The predicted molar refractivity (Wildman–Crippen MR) is 80.2 cm³/mol. The smallest absolute Gasteiger partial charge is 0.257 e. The van der Waals surface area contributed by atoms with E-state index in [-0.39, 0.29) is 17.2 Å². The molecular formula is C17H22N2O3. The van der Waals surface area contributed by atoms with Crippen LogP contribution in [0.4, 0.5) is 0 Å². The lowest BCUT2D eigenvalue weighted by Gasteiger charge is -2.39. The van der Waals surface area contributed by atoms with Crippen molar-refractivity contribution < 1.29 is 14.0 Å². The molecule has 1 aromatic heterocycles. The van der Waals surface area contributed by atoms with Gasteiger partial charge in [0.15, 0.2) is 0 Å². The van der Waals surface area contributed by atoms with E-state index >= 15 is 0 Å². The number of carbonyl (C=O) groups is 2. The minimum atomic E-state index is -0.327. The van der Waals surface area contributed by atoms with Gasteiger partial charge in [-0.25, -0.2) is 0 Å². The Morgan fingerprint density at radius 2 is 2.18 bits per heavy atom. The third kappa shape index (κ3) is 2.32. The third-order valence-corrected chi connectivity index (χ3v) is 5.41. The average Bonchev–Trinajstić information content (AvgIpc) is 3.03. The van der Waals surface area contributed by atoms with Crippen LogP contribution in [0.2, 0.25) is 0 Å². The number of hydrogen-bond donors (Lipinski definition) is 0. The quantitative estimate of drug-likeness (QED) is 0.859. The molecule has 1 aromatic rings. The zero-order chi connectivity index (χ0) is 15.2. The van der Waals surface area contributed by atoms with Crippen LogP contribution in [-0.2, 0) is 4.79 Å². The third-order valence-electron chi connectivity index (χ3n) is 5.41. The molecule has 0 aromatic carbocycles. The standard InChI is InChI=1S/C17H22N2O3/c20-15(14-4-9-22-11-14)19-8-6-17(12-19)5-1-7-18(16(17)21)10-13-2-3-13/h4,9,11,13H,1-3,5-8,10,12H2/t17-/m1/s1. The van der Waals surface area contributed by atoms with E-state index < -0.39 is 0 Å². The molecule has 0 radical (unpaired) electrons. The van der Waals surface area contributed by atoms with E-state index in [0.29, 0.717) is 18.7 Å². The van der Waals surface area contributed by atoms with Crippen molar-refractivity contribution in [3.8, 4) is 0 Å². The highest BCUT2D eigenvalue weighted by molar-refractivity contribution is 5.95. The Kier molecular flexibility index (Phi) is 3.24. The van der Waals surface area contributed by atoms with Crippen molar-refractivity contribution in [2.45, 2.75) is 32.1 Å². The van der Waals surface area contributed by atoms with Gasteiger partial charge in [-0.15, -0.1) is 0 Å². The van der Waals surface area contributed by atoms with Gasteiger partial charge in [-0.1, -0.05) is 0 Å². The molecule has 2 amide bonds. The first-order valence-electron chi connectivity index (χ1n) is 8.29. The summed E-state index contributed by atoms with van der Waals surface area (Å²) in [5.74, 6) is 0.995. The van der Waals surface area contributed by atoms with Gasteiger partial charge < -0.3 is 14.2 Å². The summed E-state index contributed by atoms with van der Waals surface area (Å²) in [6.07, 6.45) is 8.31. The van der Waals surface area contributed by atoms with Crippen LogP contribution in [0.1, 0.15) is 42.5 Å². The fourth-order valence-corrected chi connectivity index (χ4v) is 3.93. The van der Waals surface area contributed by atoms with Gasteiger partial charge in [-0.3, -0.25) is 9.59 Å². The number of rotatable bonds is 3. The summed E-state index contributed by atoms with van der Waals surface area (Å²) in [6, 6.07) is 1.69. The second kappa shape index (κ2) is 5.14. The van der Waals surface area contributed by atoms with Crippen LogP contribution in [0.25, 0.3) is 0 Å². The molecule has 0 unspecified atom stereocenters. The lowest BCUT2D eigenvalue weighted by Crippen LogP contribution is -2.50. The molecule has 1 atom stereocenters. The van der Waals surface area contributed by atoms with Crippen LogP contribution in [0, 0.1) is 11.3 Å². The monoisotopic (exact) mass is 302 g/mol. The Labute approximate surface area is 130 Å². The molecule has 22 heavy (non-hydrogen) atoms. The van der Waals surface area contributed by atoms with Gasteiger partial charge in [0.05, 0.1) is 17.2 Å². The molecule has 0 bridgehead atoms. The number of nitrogens with zero attached hydrogens (tertiary/aromatic N) is 2. The molecule has 1 aliphatic carbocycles. The van der Waals surface area contributed by atoms with Crippen LogP contribution in [0.5, 0.6) is 0 Å². The normalized spacial score (nSPS) is 28.6. The summed E-state index contributed by atoms with van der Waals surface area (Å²) >= 11 is 0. The molecule has 4 rings (SSSR count). The molecule has 2 aliphatic heterocycles. The Morgan fingerprint density at radius 3 is 2.91 bits per heavy atom. The van der Waals surface area contributed by atoms with E-state index in [9.17, 15) is 9.59 Å². The van der Waals surface area contributed by atoms with Crippen molar-refractivity contribution in [1.82, 2.24) is 9.80 Å². The van der Waals surface area contributed by atoms with Gasteiger partial charge in [0.2, 0.25) is 5.91 Å². The van der Waals surface area contributed by atoms with Crippen LogP contribution < -0.4 is 0 Å². The lowest BCUT2D eigenvalue weighted by atomic mass is 9.78. The van der Waals surface area contributed by atoms with Crippen LogP contribution in [-0.4, -0.2) is 47.8 Å². The summed E-state index contributed by atoms with van der Waals surface area (Å²) in [5.41, 5.74) is 0.252. The molecule has 3 aliphatic rings. The maximum absolute atomic E-state index is 12.9. The van der Waals surface area contributed by atoms with Crippen LogP contribution >= 0.6 is 0 Å². The summed E-state index contributed by atoms with van der Waals surface area (Å²) < 4.78 is 5.00. The van der Waals surface area contributed by atoms with Crippen molar-refractivity contribution in [1.29, 1.82) is 0 Å². The molecular weight excluding hydrogens is 280 g/mol. The van der Waals surface area contributed by atoms with Gasteiger partial charge in [0.1, 0.15) is 6.26 Å². The summed E-state index contributed by atoms with van der Waals surface area (Å²) in [6.45, 7) is 3.06. The van der Waals surface area contributed by atoms with E-state index in [4.69, 9.17) is 4.42 Å². The molecule has 0 N–H and O–H groups in total. The fourth-order valence-electron chi connectivity index (χ4n) is 3.93. The summed E-state index contributed by atoms with van der Waals surface area (Å²) in [5, 5.41) is 0. The number of likely N-dealkylation sites (tertiary alicyclic amines) is 2. The molecule has 3 fully saturated rings. The first kappa shape index (κ1) is 13.9. The second-order valence-electron chi connectivity index (χ2n) is 7.07. The van der Waals surface area contributed by atoms with Gasteiger partial charge in [-0.05, 0) is 44.1 Å². The highest BCUT2D eigenvalue weighted by Gasteiger charge is 2.50. The Morgan fingerprint density at radius 1 is 1.32 bits per heavy atom. The number of furan rings is 1. The Bertz CT molecular complexity index is 579. The molecule has 3 heterocycles. The maximum atomic E-state index is 12.9. The number of hydrogen-bond acceptors (Lipinski definition) is 3. The van der Waals surface area contributed by atoms with Gasteiger partial charge in [-0.2, -0.15) is 0 Å². The summed E-state index contributed by atoms with van der Waals surface area (Å²) in [7, 11) is 0. The zero-order valence-corrected chi connectivity index (χ0v) is 12.8. The topological polar surface area (TPSA) is 53.8 Å². The van der Waals surface area contributed by atoms with E-state index in [1.807, 2.05) is 4.90 Å². The van der Waals surface area contributed by atoms with Crippen molar-refractivity contribution in [2.24, 2.45) is 11.3 Å². The van der Waals surface area contributed by atoms with E-state index in [0.717, 1.165) is 38.3 Å². The van der Waals surface area contributed by atoms with E-state index in [2.05, 4.69) is 4.90 Å². The highest BCUT2D eigenvalue weighted by atomic mass is 16.3. The molecule has 5 heteroatoms. The van der Waals surface area contributed by atoms with Crippen LogP contribution in [0.3, 0.4) is 0 Å². The molecule has 2 saturated heterocycles. The van der Waals surface area contributed by atoms with E-state index in [1.165, 1.54) is 25.4 Å². The van der Waals surface area contributed by atoms with Crippen molar-refractivity contribution in [2.75, 3.05) is 26.2 Å². The van der Waals surface area contributed by atoms with Gasteiger partial charge in [0, 0.05) is 26.2 Å². The number of amides is 2. The van der Waals surface area contributed by atoms with Crippen LogP contribution in [0.15, 0.2) is 23.0 Å². The number of piperidine rings is 1. The zero-order valence-electron chi connectivity index (χ0n) is 12.8. The van der Waals surface area contributed by atoms with Crippen molar-refractivity contribution in [3.63, 3.8) is 0 Å². The second-order valence-corrected chi connectivity index (χ2v) is 7.07. The van der Waals surface area contributed by atoms with Crippen molar-refractivity contribution >= 4 is 11.8 Å². The summed E-state index contributed by atoms with van der Waals surface area (Å²) in [4.78, 5) is 29.3.